The minimum absolute atomic E-state index is 0.138. The number of hydrogen-bond acceptors (Lipinski definition) is 5. The first-order chi connectivity index (χ1) is 13.8. The van der Waals surface area contributed by atoms with Gasteiger partial charge in [0.2, 0.25) is 0 Å². The number of piperazine rings is 1. The fraction of sp³-hybridized carbons (Fsp3) is 0.476. The van der Waals surface area contributed by atoms with Gasteiger partial charge in [-0.1, -0.05) is 32.9 Å². The third-order valence-corrected chi connectivity index (χ3v) is 5.03. The fourth-order valence-corrected chi connectivity index (χ4v) is 3.08. The molecule has 29 heavy (non-hydrogen) atoms. The summed E-state index contributed by atoms with van der Waals surface area (Å²) >= 11 is 0. The highest BCUT2D eigenvalue weighted by atomic mass is 19.1. The molecule has 0 spiro atoms. The number of halogens is 1. The second-order valence-electron chi connectivity index (χ2n) is 8.15. The number of nitrogens with one attached hydrogen (secondary N) is 1. The van der Waals surface area contributed by atoms with Gasteiger partial charge in [0.1, 0.15) is 12.4 Å². The maximum atomic E-state index is 13.8. The summed E-state index contributed by atoms with van der Waals surface area (Å²) in [7, 11) is 0. The van der Waals surface area contributed by atoms with Crippen molar-refractivity contribution in [3.05, 3.63) is 48.7 Å². The van der Waals surface area contributed by atoms with Crippen LogP contribution in [0.5, 0.6) is 5.75 Å². The Balaban J connectivity index is 1.56. The number of hydrogen-bond donors (Lipinski definition) is 1. The highest BCUT2D eigenvalue weighted by molar-refractivity contribution is 5.75. The van der Waals surface area contributed by atoms with Crippen molar-refractivity contribution in [3.63, 3.8) is 0 Å². The normalized spacial score (nSPS) is 15.7. The highest BCUT2D eigenvalue weighted by Crippen LogP contribution is 2.22. The molecule has 3 rings (SSSR count). The third kappa shape index (κ3) is 5.56. The number of benzene rings is 1. The monoisotopic (exact) mass is 401 g/mol. The molecule has 1 atom stereocenters. The Morgan fingerprint density at radius 1 is 1.21 bits per heavy atom. The number of para-hydroxylation sites is 1. The molecule has 7 nitrogen and oxygen atoms in total. The van der Waals surface area contributed by atoms with E-state index in [1.807, 2.05) is 20.8 Å². The van der Waals surface area contributed by atoms with Gasteiger partial charge in [-0.2, -0.15) is 0 Å². The van der Waals surface area contributed by atoms with Crippen LogP contribution in [0, 0.1) is 11.2 Å². The molecule has 1 aliphatic heterocycles. The molecule has 0 bridgehead atoms. The Labute approximate surface area is 170 Å². The van der Waals surface area contributed by atoms with E-state index < -0.39 is 5.82 Å². The van der Waals surface area contributed by atoms with Crippen LogP contribution in [0.4, 0.5) is 15.0 Å². The van der Waals surface area contributed by atoms with E-state index in [1.54, 1.807) is 41.7 Å². The third-order valence-electron chi connectivity index (χ3n) is 5.03. The van der Waals surface area contributed by atoms with E-state index in [2.05, 4.69) is 20.2 Å². The minimum Gasteiger partial charge on any atom is -0.488 e. The molecule has 156 valence electrons. The molecule has 0 aliphatic carbocycles. The maximum absolute atomic E-state index is 13.8. The lowest BCUT2D eigenvalue weighted by Crippen LogP contribution is -2.56. The van der Waals surface area contributed by atoms with E-state index in [0.29, 0.717) is 26.2 Å². The predicted molar refractivity (Wildman–Crippen MR) is 109 cm³/mol. The van der Waals surface area contributed by atoms with Gasteiger partial charge in [-0.15, -0.1) is 0 Å². The summed E-state index contributed by atoms with van der Waals surface area (Å²) in [6.07, 6.45) is 5.03. The van der Waals surface area contributed by atoms with Gasteiger partial charge in [0.05, 0.1) is 12.2 Å². The predicted octanol–water partition coefficient (Wildman–Crippen LogP) is 2.94. The molecule has 0 radical (unpaired) electrons. The van der Waals surface area contributed by atoms with Gasteiger partial charge in [0.25, 0.3) is 0 Å². The summed E-state index contributed by atoms with van der Waals surface area (Å²) in [6.45, 7) is 8.82. The molecule has 1 fully saturated rings. The Morgan fingerprint density at radius 2 is 1.93 bits per heavy atom. The summed E-state index contributed by atoms with van der Waals surface area (Å²) < 4.78 is 19.5. The van der Waals surface area contributed by atoms with Crippen LogP contribution in [0.2, 0.25) is 0 Å². The number of anilines is 1. The van der Waals surface area contributed by atoms with Gasteiger partial charge >= 0.3 is 6.03 Å². The first-order valence-corrected chi connectivity index (χ1v) is 9.78. The number of ether oxygens (including phenoxy) is 1. The molecule has 1 aliphatic rings. The lowest BCUT2D eigenvalue weighted by Gasteiger charge is -2.38. The van der Waals surface area contributed by atoms with Gasteiger partial charge < -0.3 is 19.9 Å². The molecule has 2 heterocycles. The fourth-order valence-electron chi connectivity index (χ4n) is 3.08. The van der Waals surface area contributed by atoms with E-state index in [9.17, 15) is 9.18 Å². The first kappa shape index (κ1) is 20.8. The molecule has 0 saturated carbocycles. The van der Waals surface area contributed by atoms with Crippen molar-refractivity contribution in [2.75, 3.05) is 37.7 Å². The molecule has 1 aromatic heterocycles. The van der Waals surface area contributed by atoms with Crippen molar-refractivity contribution < 1.29 is 13.9 Å². The standard InChI is InChI=1S/C21H28FN5O2/c1-21(2,3)18(15-29-17-7-5-4-6-16(17)22)25-20(28)27-12-10-26(11-13-27)19-14-23-8-9-24-19/h4-9,14,18H,10-13,15H2,1-3H3,(H,25,28). The zero-order chi connectivity index (χ0) is 20.9. The molecular weight excluding hydrogens is 373 g/mol. The maximum Gasteiger partial charge on any atom is 0.317 e. The first-order valence-electron chi connectivity index (χ1n) is 9.78. The van der Waals surface area contributed by atoms with Crippen molar-refractivity contribution in [2.24, 2.45) is 5.41 Å². The number of aromatic nitrogens is 2. The van der Waals surface area contributed by atoms with Crippen LogP contribution in [-0.2, 0) is 0 Å². The smallest absolute Gasteiger partial charge is 0.317 e. The summed E-state index contributed by atoms with van der Waals surface area (Å²) in [5.74, 6) is 0.596. The number of urea groups is 1. The van der Waals surface area contributed by atoms with Gasteiger partial charge in [0.15, 0.2) is 11.6 Å². The molecule has 1 aromatic carbocycles. The highest BCUT2D eigenvalue weighted by Gasteiger charge is 2.30. The van der Waals surface area contributed by atoms with Crippen LogP contribution >= 0.6 is 0 Å². The van der Waals surface area contributed by atoms with Gasteiger partial charge in [-0.3, -0.25) is 4.98 Å². The van der Waals surface area contributed by atoms with E-state index in [-0.39, 0.29) is 29.8 Å². The van der Waals surface area contributed by atoms with Crippen LogP contribution in [0.1, 0.15) is 20.8 Å². The van der Waals surface area contributed by atoms with E-state index >= 15 is 0 Å². The molecule has 2 aromatic rings. The zero-order valence-corrected chi connectivity index (χ0v) is 17.1. The summed E-state index contributed by atoms with van der Waals surface area (Å²) in [6, 6.07) is 5.87. The Kier molecular flexibility index (Phi) is 6.51. The minimum atomic E-state index is -0.411. The van der Waals surface area contributed by atoms with Crippen molar-refractivity contribution in [1.82, 2.24) is 20.2 Å². The number of carbonyl (C=O) groups is 1. The van der Waals surface area contributed by atoms with E-state index in [1.165, 1.54) is 6.07 Å². The van der Waals surface area contributed by atoms with Crippen LogP contribution in [0.25, 0.3) is 0 Å². The van der Waals surface area contributed by atoms with Crippen molar-refractivity contribution in [2.45, 2.75) is 26.8 Å². The van der Waals surface area contributed by atoms with Gasteiger partial charge in [-0.05, 0) is 17.5 Å². The number of rotatable bonds is 5. The van der Waals surface area contributed by atoms with Crippen molar-refractivity contribution >= 4 is 11.8 Å². The molecule has 1 N–H and O–H groups in total. The summed E-state index contributed by atoms with van der Waals surface area (Å²) in [5, 5.41) is 3.06. The van der Waals surface area contributed by atoms with Crippen molar-refractivity contribution in [1.29, 1.82) is 0 Å². The largest absolute Gasteiger partial charge is 0.488 e. The topological polar surface area (TPSA) is 70.6 Å². The lowest BCUT2D eigenvalue weighted by molar-refractivity contribution is 0.148. The summed E-state index contributed by atoms with van der Waals surface area (Å²) in [4.78, 5) is 25.1. The Morgan fingerprint density at radius 3 is 2.55 bits per heavy atom. The lowest BCUT2D eigenvalue weighted by atomic mass is 9.87. The average molecular weight is 401 g/mol. The van der Waals surface area contributed by atoms with Gasteiger partial charge in [0, 0.05) is 38.6 Å². The Bertz CT molecular complexity index is 804. The summed E-state index contributed by atoms with van der Waals surface area (Å²) in [5.41, 5.74) is -0.248. The quantitative estimate of drug-likeness (QED) is 0.834. The molecule has 1 unspecified atom stereocenters. The van der Waals surface area contributed by atoms with Gasteiger partial charge in [-0.25, -0.2) is 14.2 Å². The van der Waals surface area contributed by atoms with E-state index in [0.717, 1.165) is 5.82 Å². The average Bonchev–Trinajstić information content (AvgIpc) is 2.72. The zero-order valence-electron chi connectivity index (χ0n) is 17.1. The van der Waals surface area contributed by atoms with Crippen LogP contribution in [0.3, 0.4) is 0 Å². The van der Waals surface area contributed by atoms with Crippen LogP contribution < -0.4 is 15.0 Å². The van der Waals surface area contributed by atoms with Crippen LogP contribution in [-0.4, -0.2) is 59.7 Å². The number of carbonyl (C=O) groups excluding carboxylic acids is 1. The Hall–Kier alpha value is -2.90. The second kappa shape index (κ2) is 9.07. The molecule has 1 saturated heterocycles. The number of nitrogens with zero attached hydrogens (tertiary/aromatic N) is 4. The second-order valence-corrected chi connectivity index (χ2v) is 8.15. The van der Waals surface area contributed by atoms with E-state index in [4.69, 9.17) is 4.74 Å². The molecule has 8 heteroatoms. The SMILES string of the molecule is CC(C)(C)C(COc1ccccc1F)NC(=O)N1CCN(c2cnccn2)CC1. The van der Waals surface area contributed by atoms with Crippen molar-refractivity contribution in [3.8, 4) is 5.75 Å². The number of amides is 2. The van der Waals surface area contributed by atoms with Crippen LogP contribution in [0.15, 0.2) is 42.9 Å². The molecule has 2 amide bonds. The molecular formula is C21H28FN5O2.